The number of ether oxygens (including phenoxy) is 1. The van der Waals surface area contributed by atoms with Crippen LogP contribution < -0.4 is 0 Å². The molecule has 0 saturated carbocycles. The summed E-state index contributed by atoms with van der Waals surface area (Å²) >= 11 is 0. The normalized spacial score (nSPS) is 11.8. The van der Waals surface area contributed by atoms with Gasteiger partial charge in [0.1, 0.15) is 13.2 Å². The largest absolute Gasteiger partial charge is 0.411 e. The van der Waals surface area contributed by atoms with E-state index in [1.54, 1.807) is 6.20 Å². The lowest BCUT2D eigenvalue weighted by Gasteiger charge is -2.04. The van der Waals surface area contributed by atoms with Gasteiger partial charge in [0.25, 0.3) is 0 Å². The Morgan fingerprint density at radius 1 is 1.17 bits per heavy atom. The number of halogens is 3. The maximum atomic E-state index is 12.0. The van der Waals surface area contributed by atoms with Crippen molar-refractivity contribution in [2.24, 2.45) is 0 Å². The van der Waals surface area contributed by atoms with Crippen molar-refractivity contribution in [3.05, 3.63) is 53.9 Å². The van der Waals surface area contributed by atoms with E-state index in [-0.39, 0.29) is 24.7 Å². The third kappa shape index (κ3) is 4.38. The van der Waals surface area contributed by atoms with Gasteiger partial charge in [0, 0.05) is 0 Å². The van der Waals surface area contributed by atoms with Crippen LogP contribution in [0.1, 0.15) is 17.4 Å². The molecule has 0 spiro atoms. The molecule has 0 aliphatic carbocycles. The minimum absolute atomic E-state index is 0.0460. The number of rotatable bonds is 6. The molecule has 7 nitrogen and oxygen atoms in total. The number of hydrogen-bond acceptors (Lipinski definition) is 6. The van der Waals surface area contributed by atoms with E-state index >= 15 is 0 Å². The molecule has 0 atom stereocenters. The lowest BCUT2D eigenvalue weighted by molar-refractivity contribution is -0.177. The van der Waals surface area contributed by atoms with Crippen molar-refractivity contribution in [1.82, 2.24) is 25.1 Å². The average Bonchev–Trinajstić information content (AvgIpc) is 3.17. The third-order valence-corrected chi connectivity index (χ3v) is 2.87. The molecular formula is C14H12F3N5O2. The van der Waals surface area contributed by atoms with Gasteiger partial charge in [-0.25, -0.2) is 0 Å². The smallest absolute Gasteiger partial charge is 0.364 e. The van der Waals surface area contributed by atoms with Gasteiger partial charge in [-0.2, -0.15) is 33.1 Å². The molecule has 126 valence electrons. The second kappa shape index (κ2) is 6.79. The predicted molar refractivity (Wildman–Crippen MR) is 74.2 cm³/mol. The van der Waals surface area contributed by atoms with E-state index in [9.17, 15) is 13.2 Å². The van der Waals surface area contributed by atoms with Crippen LogP contribution in [-0.4, -0.2) is 37.9 Å². The third-order valence-electron chi connectivity index (χ3n) is 2.87. The van der Waals surface area contributed by atoms with E-state index < -0.39 is 12.8 Å². The monoisotopic (exact) mass is 339 g/mol. The molecule has 2 aromatic heterocycles. The van der Waals surface area contributed by atoms with Crippen LogP contribution in [0.5, 0.6) is 0 Å². The molecule has 10 heteroatoms. The lowest BCUT2D eigenvalue weighted by Crippen LogP contribution is -2.16. The second-order valence-electron chi connectivity index (χ2n) is 4.85. The molecule has 0 fully saturated rings. The highest BCUT2D eigenvalue weighted by molar-refractivity contribution is 5.28. The highest BCUT2D eigenvalue weighted by atomic mass is 19.4. The van der Waals surface area contributed by atoms with Gasteiger partial charge in [-0.1, -0.05) is 23.4 Å². The van der Waals surface area contributed by atoms with Crippen molar-refractivity contribution < 1.29 is 22.4 Å². The zero-order chi connectivity index (χ0) is 17.0. The zero-order valence-corrected chi connectivity index (χ0v) is 12.3. The number of aromatic nitrogens is 5. The van der Waals surface area contributed by atoms with E-state index in [1.807, 2.05) is 30.3 Å². The summed E-state index contributed by atoms with van der Waals surface area (Å²) in [5, 5.41) is 12.0. The van der Waals surface area contributed by atoms with Gasteiger partial charge in [-0.3, -0.25) is 0 Å². The SMILES string of the molecule is FC(F)(F)COCc1noc(Cc2cnn(-c3ccccc3)n2)n1. The van der Waals surface area contributed by atoms with Gasteiger partial charge in [0.05, 0.1) is 24.0 Å². The Kier molecular flexibility index (Phi) is 4.56. The summed E-state index contributed by atoms with van der Waals surface area (Å²) in [5.41, 5.74) is 1.39. The standard InChI is InChI=1S/C14H12F3N5O2/c15-14(16,17)9-23-8-12-19-13(24-21-12)6-10-7-18-22(20-10)11-4-2-1-3-5-11/h1-5,7H,6,8-9H2. The van der Waals surface area contributed by atoms with Crippen molar-refractivity contribution in [2.45, 2.75) is 19.2 Å². The van der Waals surface area contributed by atoms with Crippen LogP contribution >= 0.6 is 0 Å². The molecule has 0 N–H and O–H groups in total. The first-order valence-corrected chi connectivity index (χ1v) is 6.92. The molecule has 0 bridgehead atoms. The summed E-state index contributed by atoms with van der Waals surface area (Å²) in [5.74, 6) is 0.269. The molecular weight excluding hydrogens is 327 g/mol. The molecule has 0 unspecified atom stereocenters. The molecule has 0 aliphatic heterocycles. The van der Waals surface area contributed by atoms with Crippen molar-refractivity contribution in [2.75, 3.05) is 6.61 Å². The van der Waals surface area contributed by atoms with E-state index in [0.717, 1.165) is 5.69 Å². The first-order chi connectivity index (χ1) is 11.5. The topological polar surface area (TPSA) is 78.9 Å². The Hall–Kier alpha value is -2.75. The molecule has 0 aliphatic rings. The number of hydrogen-bond donors (Lipinski definition) is 0. The Morgan fingerprint density at radius 2 is 1.96 bits per heavy atom. The number of alkyl halides is 3. The fourth-order valence-corrected chi connectivity index (χ4v) is 1.89. The number of benzene rings is 1. The summed E-state index contributed by atoms with van der Waals surface area (Å²) in [6, 6.07) is 9.32. The van der Waals surface area contributed by atoms with E-state index in [2.05, 4.69) is 25.1 Å². The van der Waals surface area contributed by atoms with Crippen LogP contribution in [0.4, 0.5) is 13.2 Å². The molecule has 3 aromatic rings. The maximum absolute atomic E-state index is 12.0. The van der Waals surface area contributed by atoms with E-state index in [4.69, 9.17) is 4.52 Å². The van der Waals surface area contributed by atoms with E-state index in [0.29, 0.717) is 5.69 Å². The first-order valence-electron chi connectivity index (χ1n) is 6.92. The maximum Gasteiger partial charge on any atom is 0.411 e. The Balaban J connectivity index is 1.58. The van der Waals surface area contributed by atoms with Crippen LogP contribution in [-0.2, 0) is 17.8 Å². The fourth-order valence-electron chi connectivity index (χ4n) is 1.89. The Bertz CT molecular complexity index is 785. The molecule has 0 saturated heterocycles. The quantitative estimate of drug-likeness (QED) is 0.686. The van der Waals surface area contributed by atoms with Gasteiger partial charge < -0.3 is 9.26 Å². The first kappa shape index (κ1) is 16.1. The summed E-state index contributed by atoms with van der Waals surface area (Å²) < 4.78 is 45.4. The van der Waals surface area contributed by atoms with Gasteiger partial charge >= 0.3 is 6.18 Å². The lowest BCUT2D eigenvalue weighted by atomic mass is 10.3. The summed E-state index contributed by atoms with van der Waals surface area (Å²) in [4.78, 5) is 5.42. The highest BCUT2D eigenvalue weighted by Crippen LogP contribution is 2.15. The van der Waals surface area contributed by atoms with Gasteiger partial charge in [0.2, 0.25) is 5.89 Å². The average molecular weight is 339 g/mol. The molecule has 24 heavy (non-hydrogen) atoms. The summed E-state index contributed by atoms with van der Waals surface area (Å²) in [6.07, 6.45) is -2.61. The van der Waals surface area contributed by atoms with Gasteiger partial charge in [-0.05, 0) is 12.1 Å². The summed E-state index contributed by atoms with van der Waals surface area (Å²) in [6.45, 7) is -1.73. The molecule has 0 radical (unpaired) electrons. The molecule has 1 aromatic carbocycles. The molecule has 2 heterocycles. The number of nitrogens with zero attached hydrogens (tertiary/aromatic N) is 5. The van der Waals surface area contributed by atoms with Crippen LogP contribution in [0.15, 0.2) is 41.1 Å². The minimum Gasteiger partial charge on any atom is -0.364 e. The second-order valence-corrected chi connectivity index (χ2v) is 4.85. The van der Waals surface area contributed by atoms with Crippen LogP contribution in [0.25, 0.3) is 5.69 Å². The summed E-state index contributed by atoms with van der Waals surface area (Å²) in [7, 11) is 0. The van der Waals surface area contributed by atoms with Crippen molar-refractivity contribution in [3.8, 4) is 5.69 Å². The van der Waals surface area contributed by atoms with Gasteiger partial charge in [-0.15, -0.1) is 0 Å². The highest BCUT2D eigenvalue weighted by Gasteiger charge is 2.27. The Labute approximate surface area is 134 Å². The fraction of sp³-hybridized carbons (Fsp3) is 0.286. The number of para-hydroxylation sites is 1. The van der Waals surface area contributed by atoms with Gasteiger partial charge in [0.15, 0.2) is 5.82 Å². The van der Waals surface area contributed by atoms with Crippen molar-refractivity contribution >= 4 is 0 Å². The predicted octanol–water partition coefficient (Wildman–Crippen LogP) is 2.32. The van der Waals surface area contributed by atoms with Crippen LogP contribution in [0.3, 0.4) is 0 Å². The zero-order valence-electron chi connectivity index (χ0n) is 12.3. The van der Waals surface area contributed by atoms with Crippen molar-refractivity contribution in [1.29, 1.82) is 0 Å². The molecule has 3 rings (SSSR count). The van der Waals surface area contributed by atoms with Crippen molar-refractivity contribution in [3.63, 3.8) is 0 Å². The molecule has 0 amide bonds. The van der Waals surface area contributed by atoms with E-state index in [1.165, 1.54) is 4.80 Å². The Morgan fingerprint density at radius 3 is 2.71 bits per heavy atom. The minimum atomic E-state index is -4.39. The van der Waals surface area contributed by atoms with Crippen LogP contribution in [0, 0.1) is 0 Å². The van der Waals surface area contributed by atoms with Crippen LogP contribution in [0.2, 0.25) is 0 Å².